The summed E-state index contributed by atoms with van der Waals surface area (Å²) in [5.74, 6) is 1.20. The first kappa shape index (κ1) is 14.3. The summed E-state index contributed by atoms with van der Waals surface area (Å²) in [6, 6.07) is 15.4. The lowest BCUT2D eigenvalue weighted by atomic mass is 10.1. The maximum atomic E-state index is 12.3. The number of H-pyrrole nitrogens is 1. The van der Waals surface area contributed by atoms with Gasteiger partial charge in [0.25, 0.3) is 5.91 Å². The van der Waals surface area contributed by atoms with Gasteiger partial charge in [-0.25, -0.2) is 4.98 Å². The Labute approximate surface area is 129 Å². The van der Waals surface area contributed by atoms with E-state index in [2.05, 4.69) is 29.1 Å². The Hall–Kier alpha value is -2.62. The number of hydrogen-bond acceptors (Lipinski definition) is 2. The average molecular weight is 293 g/mol. The lowest BCUT2D eigenvalue weighted by molar-refractivity contribution is 0.0951. The number of hydrogen-bond donors (Lipinski definition) is 2. The predicted octanol–water partition coefficient (Wildman–Crippen LogP) is 3.62. The first-order valence-electron chi connectivity index (χ1n) is 7.45. The van der Waals surface area contributed by atoms with E-state index in [1.54, 1.807) is 0 Å². The molecule has 3 aromatic rings. The minimum Gasteiger partial charge on any atom is -0.348 e. The van der Waals surface area contributed by atoms with Crippen LogP contribution in [0.15, 0.2) is 48.5 Å². The number of nitrogens with zero attached hydrogens (tertiary/aromatic N) is 1. The van der Waals surface area contributed by atoms with Gasteiger partial charge in [0.2, 0.25) is 0 Å². The largest absolute Gasteiger partial charge is 0.348 e. The maximum Gasteiger partial charge on any atom is 0.251 e. The summed E-state index contributed by atoms with van der Waals surface area (Å²) in [5, 5.41) is 2.94. The highest BCUT2D eigenvalue weighted by atomic mass is 16.1. The normalized spacial score (nSPS) is 11.0. The van der Waals surface area contributed by atoms with E-state index in [9.17, 15) is 4.79 Å². The number of aromatic nitrogens is 2. The minimum absolute atomic E-state index is 0.0774. The number of rotatable bonds is 4. The van der Waals surface area contributed by atoms with Crippen molar-refractivity contribution in [3.8, 4) is 0 Å². The molecule has 0 aliphatic heterocycles. The first-order valence-corrected chi connectivity index (χ1v) is 7.45. The number of nitrogens with one attached hydrogen (secondary N) is 2. The molecule has 1 amide bonds. The molecule has 0 atom stereocenters. The van der Waals surface area contributed by atoms with Crippen LogP contribution < -0.4 is 5.32 Å². The molecule has 0 fully saturated rings. The van der Waals surface area contributed by atoms with Crippen molar-refractivity contribution < 1.29 is 4.79 Å². The third-order valence-corrected chi connectivity index (χ3v) is 3.61. The van der Waals surface area contributed by atoms with Crippen LogP contribution in [0.25, 0.3) is 11.0 Å². The third kappa shape index (κ3) is 3.01. The van der Waals surface area contributed by atoms with Crippen LogP contribution in [0.2, 0.25) is 0 Å². The third-order valence-electron chi connectivity index (χ3n) is 3.61. The molecule has 0 bridgehead atoms. The predicted molar refractivity (Wildman–Crippen MR) is 87.8 cm³/mol. The number of fused-ring (bicyclic) bond motifs is 1. The van der Waals surface area contributed by atoms with E-state index >= 15 is 0 Å². The Balaban J connectivity index is 1.76. The highest BCUT2D eigenvalue weighted by Crippen LogP contribution is 2.18. The standard InChI is InChI=1S/C18H19N3O/c1-12(2)17-20-15-9-8-14(10-16(15)21-17)18(22)19-11-13-6-4-3-5-7-13/h3-10,12H,11H2,1-2H3,(H,19,22)(H,20,21). The van der Waals surface area contributed by atoms with Gasteiger partial charge >= 0.3 is 0 Å². The van der Waals surface area contributed by atoms with E-state index in [0.717, 1.165) is 22.4 Å². The van der Waals surface area contributed by atoms with Crippen molar-refractivity contribution >= 4 is 16.9 Å². The Kier molecular flexibility index (Phi) is 3.92. The van der Waals surface area contributed by atoms with E-state index in [4.69, 9.17) is 0 Å². The highest BCUT2D eigenvalue weighted by molar-refractivity contribution is 5.97. The van der Waals surface area contributed by atoms with Crippen molar-refractivity contribution in [1.82, 2.24) is 15.3 Å². The topological polar surface area (TPSA) is 57.8 Å². The maximum absolute atomic E-state index is 12.3. The Morgan fingerprint density at radius 3 is 2.68 bits per heavy atom. The minimum atomic E-state index is -0.0774. The van der Waals surface area contributed by atoms with Crippen molar-refractivity contribution in [2.45, 2.75) is 26.3 Å². The van der Waals surface area contributed by atoms with Crippen LogP contribution in [0.1, 0.15) is 41.5 Å². The van der Waals surface area contributed by atoms with E-state index in [1.165, 1.54) is 0 Å². The zero-order chi connectivity index (χ0) is 15.5. The second-order valence-electron chi connectivity index (χ2n) is 5.68. The summed E-state index contributed by atoms with van der Waals surface area (Å²) in [6.07, 6.45) is 0. The Bertz CT molecular complexity index is 790. The molecule has 0 radical (unpaired) electrons. The number of amides is 1. The van der Waals surface area contributed by atoms with Crippen molar-refractivity contribution in [3.05, 3.63) is 65.5 Å². The number of imidazole rings is 1. The molecule has 3 rings (SSSR count). The number of carbonyl (C=O) groups is 1. The van der Waals surface area contributed by atoms with Crippen molar-refractivity contribution in [2.24, 2.45) is 0 Å². The molecule has 4 heteroatoms. The van der Waals surface area contributed by atoms with Crippen LogP contribution in [0, 0.1) is 0 Å². The summed E-state index contributed by atoms with van der Waals surface area (Å²) >= 11 is 0. The van der Waals surface area contributed by atoms with E-state index < -0.39 is 0 Å². The van der Waals surface area contributed by atoms with Gasteiger partial charge in [0, 0.05) is 18.0 Å². The quantitative estimate of drug-likeness (QED) is 0.772. The van der Waals surface area contributed by atoms with Gasteiger partial charge in [0.05, 0.1) is 11.0 Å². The van der Waals surface area contributed by atoms with Crippen LogP contribution in [0.5, 0.6) is 0 Å². The van der Waals surface area contributed by atoms with Gasteiger partial charge < -0.3 is 10.3 Å². The molecular weight excluding hydrogens is 274 g/mol. The van der Waals surface area contributed by atoms with E-state index in [1.807, 2.05) is 48.5 Å². The fraction of sp³-hybridized carbons (Fsp3) is 0.222. The molecule has 4 nitrogen and oxygen atoms in total. The Morgan fingerprint density at radius 1 is 1.18 bits per heavy atom. The Morgan fingerprint density at radius 2 is 1.95 bits per heavy atom. The molecule has 1 heterocycles. The molecule has 22 heavy (non-hydrogen) atoms. The summed E-state index contributed by atoms with van der Waals surface area (Å²) in [4.78, 5) is 20.0. The lowest BCUT2D eigenvalue weighted by Crippen LogP contribution is -2.22. The van der Waals surface area contributed by atoms with Crippen LogP contribution in [0.4, 0.5) is 0 Å². The molecule has 2 aromatic carbocycles. The fourth-order valence-electron chi connectivity index (χ4n) is 2.32. The molecule has 0 unspecified atom stereocenters. The van der Waals surface area contributed by atoms with Gasteiger partial charge in [-0.2, -0.15) is 0 Å². The van der Waals surface area contributed by atoms with E-state index in [-0.39, 0.29) is 5.91 Å². The van der Waals surface area contributed by atoms with Crippen molar-refractivity contribution in [3.63, 3.8) is 0 Å². The first-order chi connectivity index (χ1) is 10.6. The fourth-order valence-corrected chi connectivity index (χ4v) is 2.32. The summed E-state index contributed by atoms with van der Waals surface area (Å²) < 4.78 is 0. The number of aromatic amines is 1. The molecule has 0 aliphatic rings. The van der Waals surface area contributed by atoms with Crippen molar-refractivity contribution in [1.29, 1.82) is 0 Å². The van der Waals surface area contributed by atoms with Gasteiger partial charge in [-0.3, -0.25) is 4.79 Å². The van der Waals surface area contributed by atoms with Gasteiger partial charge in [-0.05, 0) is 23.8 Å². The highest BCUT2D eigenvalue weighted by Gasteiger charge is 2.10. The summed E-state index contributed by atoms with van der Waals surface area (Å²) in [6.45, 7) is 4.70. The van der Waals surface area contributed by atoms with Crippen molar-refractivity contribution in [2.75, 3.05) is 0 Å². The average Bonchev–Trinajstić information content (AvgIpc) is 2.97. The van der Waals surface area contributed by atoms with Crippen LogP contribution in [-0.2, 0) is 6.54 Å². The summed E-state index contributed by atoms with van der Waals surface area (Å²) in [5.41, 5.74) is 3.52. The number of carbonyl (C=O) groups excluding carboxylic acids is 1. The summed E-state index contributed by atoms with van der Waals surface area (Å²) in [7, 11) is 0. The van der Waals surface area contributed by atoms with Crippen LogP contribution in [-0.4, -0.2) is 15.9 Å². The number of benzene rings is 2. The molecule has 1 aromatic heterocycles. The van der Waals surface area contributed by atoms with Gasteiger partial charge in [-0.1, -0.05) is 44.2 Å². The zero-order valence-electron chi connectivity index (χ0n) is 12.8. The zero-order valence-corrected chi connectivity index (χ0v) is 12.8. The SMILES string of the molecule is CC(C)c1nc2ccc(C(=O)NCc3ccccc3)cc2[nH]1. The smallest absolute Gasteiger partial charge is 0.251 e. The molecule has 2 N–H and O–H groups in total. The lowest BCUT2D eigenvalue weighted by Gasteiger charge is -2.05. The van der Waals surface area contributed by atoms with Crippen LogP contribution in [0.3, 0.4) is 0 Å². The molecule has 0 saturated carbocycles. The van der Waals surface area contributed by atoms with Gasteiger partial charge in [0.15, 0.2) is 0 Å². The van der Waals surface area contributed by atoms with E-state index in [0.29, 0.717) is 18.0 Å². The second-order valence-corrected chi connectivity index (χ2v) is 5.68. The van der Waals surface area contributed by atoms with Crippen LogP contribution >= 0.6 is 0 Å². The molecule has 112 valence electrons. The molecule has 0 saturated heterocycles. The molecule has 0 spiro atoms. The second kappa shape index (κ2) is 6.02. The van der Waals surface area contributed by atoms with Gasteiger partial charge in [-0.15, -0.1) is 0 Å². The molecular formula is C18H19N3O. The molecule has 0 aliphatic carbocycles. The van der Waals surface area contributed by atoms with Gasteiger partial charge in [0.1, 0.15) is 5.82 Å². The monoisotopic (exact) mass is 293 g/mol.